The third-order valence-corrected chi connectivity index (χ3v) is 1.83. The maximum atomic E-state index is 5.24. The van der Waals surface area contributed by atoms with Crippen molar-refractivity contribution in [1.29, 1.82) is 0 Å². The summed E-state index contributed by atoms with van der Waals surface area (Å²) < 4.78 is 5.24. The Kier molecular flexibility index (Phi) is 2.41. The molecule has 0 aliphatic carbocycles. The van der Waals surface area contributed by atoms with Gasteiger partial charge in [0.1, 0.15) is 6.61 Å². The van der Waals surface area contributed by atoms with Gasteiger partial charge in [0.25, 0.3) is 0 Å². The maximum Gasteiger partial charge on any atom is 0.208 e. The molecule has 13 heavy (non-hydrogen) atoms. The lowest BCUT2D eigenvalue weighted by Crippen LogP contribution is -1.92. The number of aliphatic imine (C=N–C) groups is 1. The lowest BCUT2D eigenvalue weighted by molar-refractivity contribution is 0.350. The van der Waals surface area contributed by atoms with Crippen LogP contribution in [-0.4, -0.2) is 19.0 Å². The van der Waals surface area contributed by atoms with Crippen molar-refractivity contribution < 1.29 is 4.74 Å². The van der Waals surface area contributed by atoms with Crippen LogP contribution in [0.3, 0.4) is 0 Å². The average Bonchev–Trinajstić information content (AvgIpc) is 2.69. The first-order chi connectivity index (χ1) is 6.45. The number of hydrogen-bond acceptors (Lipinski definition) is 2. The van der Waals surface area contributed by atoms with Gasteiger partial charge in [-0.05, 0) is 11.6 Å². The third-order valence-electron chi connectivity index (χ3n) is 1.83. The first-order valence-electron chi connectivity index (χ1n) is 4.35. The van der Waals surface area contributed by atoms with Crippen molar-refractivity contribution in [2.75, 3.05) is 13.2 Å². The molecule has 1 aliphatic heterocycles. The highest BCUT2D eigenvalue weighted by molar-refractivity contribution is 5.92. The van der Waals surface area contributed by atoms with E-state index in [0.29, 0.717) is 6.61 Å². The van der Waals surface area contributed by atoms with Gasteiger partial charge in [0.05, 0.1) is 6.54 Å². The van der Waals surface area contributed by atoms with E-state index in [0.717, 1.165) is 12.4 Å². The largest absolute Gasteiger partial charge is 0.476 e. The molecule has 0 N–H and O–H groups in total. The normalized spacial score (nSPS) is 15.8. The van der Waals surface area contributed by atoms with Crippen molar-refractivity contribution >= 4 is 12.0 Å². The summed E-state index contributed by atoms with van der Waals surface area (Å²) in [7, 11) is 0. The lowest BCUT2D eigenvalue weighted by atomic mass is 10.2. The van der Waals surface area contributed by atoms with E-state index in [4.69, 9.17) is 4.74 Å². The molecule has 0 unspecified atom stereocenters. The van der Waals surface area contributed by atoms with Crippen molar-refractivity contribution in [3.63, 3.8) is 0 Å². The molecule has 0 aromatic heterocycles. The first-order valence-corrected chi connectivity index (χ1v) is 4.35. The molecule has 0 radical (unpaired) electrons. The van der Waals surface area contributed by atoms with Crippen LogP contribution >= 0.6 is 0 Å². The average molecular weight is 173 g/mol. The van der Waals surface area contributed by atoms with Gasteiger partial charge in [0.15, 0.2) is 0 Å². The molecule has 0 saturated heterocycles. The van der Waals surface area contributed by atoms with Gasteiger partial charge in [-0.3, -0.25) is 0 Å². The Labute approximate surface area is 77.6 Å². The Bertz CT molecular complexity index is 327. The van der Waals surface area contributed by atoms with Gasteiger partial charge in [-0.15, -0.1) is 0 Å². The molecule has 1 heterocycles. The molecule has 0 spiro atoms. The number of hydrogen-bond donors (Lipinski definition) is 0. The second-order valence-electron chi connectivity index (χ2n) is 2.81. The minimum absolute atomic E-state index is 0.717. The molecule has 66 valence electrons. The Morgan fingerprint density at radius 2 is 2.00 bits per heavy atom. The second-order valence-corrected chi connectivity index (χ2v) is 2.81. The van der Waals surface area contributed by atoms with E-state index in [2.05, 4.69) is 4.99 Å². The fourth-order valence-electron chi connectivity index (χ4n) is 1.18. The molecule has 1 aromatic carbocycles. The van der Waals surface area contributed by atoms with E-state index in [-0.39, 0.29) is 0 Å². The zero-order chi connectivity index (χ0) is 8.93. The van der Waals surface area contributed by atoms with E-state index in [1.807, 2.05) is 42.5 Å². The minimum Gasteiger partial charge on any atom is -0.476 e. The van der Waals surface area contributed by atoms with E-state index in [1.165, 1.54) is 5.56 Å². The summed E-state index contributed by atoms with van der Waals surface area (Å²) in [5.74, 6) is 0.740. The highest BCUT2D eigenvalue weighted by Gasteiger charge is 2.01. The Balaban J connectivity index is 2.05. The zero-order valence-corrected chi connectivity index (χ0v) is 7.31. The molecule has 0 amide bonds. The van der Waals surface area contributed by atoms with E-state index in [1.54, 1.807) is 0 Å². The van der Waals surface area contributed by atoms with Gasteiger partial charge in [0.2, 0.25) is 5.90 Å². The Morgan fingerprint density at radius 1 is 1.15 bits per heavy atom. The number of benzene rings is 1. The predicted molar refractivity (Wildman–Crippen MR) is 53.7 cm³/mol. The molecule has 2 heteroatoms. The summed E-state index contributed by atoms with van der Waals surface area (Å²) in [6.07, 6.45) is 3.91. The summed E-state index contributed by atoms with van der Waals surface area (Å²) in [5.41, 5.74) is 1.17. The standard InChI is InChI=1S/C11H11NO/c1-2-4-10(5-3-1)6-7-11-12-8-9-13-11/h1-7H,8-9H2/b7-6+. The van der Waals surface area contributed by atoms with Gasteiger partial charge in [-0.2, -0.15) is 0 Å². The number of rotatable bonds is 2. The van der Waals surface area contributed by atoms with Crippen LogP contribution in [0.25, 0.3) is 6.08 Å². The topological polar surface area (TPSA) is 21.6 Å². The zero-order valence-electron chi connectivity index (χ0n) is 7.31. The molecule has 1 aliphatic rings. The summed E-state index contributed by atoms with van der Waals surface area (Å²) in [4.78, 5) is 4.16. The summed E-state index contributed by atoms with van der Waals surface area (Å²) in [5, 5.41) is 0. The van der Waals surface area contributed by atoms with Gasteiger partial charge in [-0.1, -0.05) is 30.3 Å². The summed E-state index contributed by atoms with van der Waals surface area (Å²) in [6.45, 7) is 1.50. The lowest BCUT2D eigenvalue weighted by Gasteiger charge is -1.93. The predicted octanol–water partition coefficient (Wildman–Crippen LogP) is 2.13. The van der Waals surface area contributed by atoms with Crippen LogP contribution in [0.2, 0.25) is 0 Å². The third kappa shape index (κ3) is 2.18. The highest BCUT2D eigenvalue weighted by atomic mass is 16.5. The van der Waals surface area contributed by atoms with Crippen LogP contribution < -0.4 is 0 Å². The SMILES string of the molecule is C(=C\c1ccccc1)/C1=NCCO1. The highest BCUT2D eigenvalue weighted by Crippen LogP contribution is 2.03. The van der Waals surface area contributed by atoms with E-state index >= 15 is 0 Å². The second kappa shape index (κ2) is 3.90. The van der Waals surface area contributed by atoms with Crippen molar-refractivity contribution in [3.8, 4) is 0 Å². The number of nitrogens with zero attached hydrogens (tertiary/aromatic N) is 1. The van der Waals surface area contributed by atoms with Crippen LogP contribution in [0.1, 0.15) is 5.56 Å². The molecule has 0 bridgehead atoms. The fraction of sp³-hybridized carbons (Fsp3) is 0.182. The molecule has 2 nitrogen and oxygen atoms in total. The molecular weight excluding hydrogens is 162 g/mol. The van der Waals surface area contributed by atoms with Gasteiger partial charge in [-0.25, -0.2) is 4.99 Å². The molecule has 0 atom stereocenters. The van der Waals surface area contributed by atoms with Crippen LogP contribution in [0.4, 0.5) is 0 Å². The first kappa shape index (κ1) is 8.05. The van der Waals surface area contributed by atoms with Crippen LogP contribution in [0, 0.1) is 0 Å². The summed E-state index contributed by atoms with van der Waals surface area (Å²) >= 11 is 0. The van der Waals surface area contributed by atoms with Crippen molar-refractivity contribution in [1.82, 2.24) is 0 Å². The van der Waals surface area contributed by atoms with E-state index in [9.17, 15) is 0 Å². The molecule has 0 saturated carbocycles. The molecule has 0 fully saturated rings. The maximum absolute atomic E-state index is 5.24. The number of ether oxygens (including phenoxy) is 1. The van der Waals surface area contributed by atoms with Crippen molar-refractivity contribution in [2.24, 2.45) is 4.99 Å². The van der Waals surface area contributed by atoms with Crippen molar-refractivity contribution in [3.05, 3.63) is 42.0 Å². The van der Waals surface area contributed by atoms with Crippen LogP contribution in [-0.2, 0) is 4.74 Å². The van der Waals surface area contributed by atoms with Gasteiger partial charge < -0.3 is 4.74 Å². The summed E-state index contributed by atoms with van der Waals surface area (Å²) in [6, 6.07) is 10.1. The Morgan fingerprint density at radius 3 is 2.69 bits per heavy atom. The smallest absolute Gasteiger partial charge is 0.208 e. The van der Waals surface area contributed by atoms with Gasteiger partial charge in [0, 0.05) is 6.08 Å². The van der Waals surface area contributed by atoms with E-state index < -0.39 is 0 Å². The fourth-order valence-corrected chi connectivity index (χ4v) is 1.18. The Hall–Kier alpha value is -1.57. The van der Waals surface area contributed by atoms with Gasteiger partial charge >= 0.3 is 0 Å². The van der Waals surface area contributed by atoms with Crippen molar-refractivity contribution in [2.45, 2.75) is 0 Å². The monoisotopic (exact) mass is 173 g/mol. The minimum atomic E-state index is 0.717. The molecule has 1 aromatic rings. The molecular formula is C11H11NO. The van der Waals surface area contributed by atoms with Crippen LogP contribution in [0.15, 0.2) is 41.4 Å². The van der Waals surface area contributed by atoms with Crippen LogP contribution in [0.5, 0.6) is 0 Å². The quantitative estimate of drug-likeness (QED) is 0.671. The molecule has 2 rings (SSSR count).